The average molecular weight is 322 g/mol. The SMILES string of the molecule is C=CC(=O)OC(C)OC(=O)C1C2CC(C3CCCC32)C1C(=O)O. The summed E-state index contributed by atoms with van der Waals surface area (Å²) in [5.74, 6) is -2.39. The van der Waals surface area contributed by atoms with Crippen molar-refractivity contribution in [2.24, 2.45) is 35.5 Å². The third kappa shape index (κ3) is 2.64. The minimum Gasteiger partial charge on any atom is -0.481 e. The van der Waals surface area contributed by atoms with Gasteiger partial charge in [-0.1, -0.05) is 13.0 Å². The van der Waals surface area contributed by atoms with Gasteiger partial charge in [0.15, 0.2) is 0 Å². The van der Waals surface area contributed by atoms with Gasteiger partial charge in [-0.2, -0.15) is 0 Å². The molecule has 0 saturated heterocycles. The lowest BCUT2D eigenvalue weighted by molar-refractivity contribution is -0.189. The van der Waals surface area contributed by atoms with Crippen LogP contribution in [0.15, 0.2) is 12.7 Å². The monoisotopic (exact) mass is 322 g/mol. The van der Waals surface area contributed by atoms with Gasteiger partial charge in [0, 0.05) is 13.0 Å². The van der Waals surface area contributed by atoms with Gasteiger partial charge in [-0.25, -0.2) is 4.79 Å². The molecule has 3 aliphatic carbocycles. The second-order valence-electron chi connectivity index (χ2n) is 6.86. The molecule has 0 aromatic carbocycles. The Kier molecular flexibility index (Phi) is 4.17. The Bertz CT molecular complexity index is 541. The number of carboxylic acid groups (broad SMARTS) is 1. The van der Waals surface area contributed by atoms with Gasteiger partial charge in [0.2, 0.25) is 6.29 Å². The van der Waals surface area contributed by atoms with E-state index in [0.717, 1.165) is 31.8 Å². The maximum absolute atomic E-state index is 12.5. The summed E-state index contributed by atoms with van der Waals surface area (Å²) in [6, 6.07) is 0. The van der Waals surface area contributed by atoms with Crippen molar-refractivity contribution in [3.05, 3.63) is 12.7 Å². The van der Waals surface area contributed by atoms with Crippen LogP contribution in [0.1, 0.15) is 32.6 Å². The van der Waals surface area contributed by atoms with Gasteiger partial charge in [0.25, 0.3) is 0 Å². The van der Waals surface area contributed by atoms with Crippen molar-refractivity contribution in [2.45, 2.75) is 38.9 Å². The zero-order valence-corrected chi connectivity index (χ0v) is 13.1. The summed E-state index contributed by atoms with van der Waals surface area (Å²) in [6.07, 6.45) is 4.01. The van der Waals surface area contributed by atoms with E-state index >= 15 is 0 Å². The van der Waals surface area contributed by atoms with E-state index in [1.54, 1.807) is 0 Å². The van der Waals surface area contributed by atoms with Gasteiger partial charge in [-0.3, -0.25) is 9.59 Å². The molecule has 0 amide bonds. The molecule has 3 rings (SSSR count). The highest BCUT2D eigenvalue weighted by molar-refractivity contribution is 5.84. The number of hydrogen-bond donors (Lipinski definition) is 1. The Hall–Kier alpha value is -1.85. The summed E-state index contributed by atoms with van der Waals surface area (Å²) in [5.41, 5.74) is 0. The van der Waals surface area contributed by atoms with Crippen LogP contribution in [0, 0.1) is 35.5 Å². The molecule has 3 aliphatic rings. The normalized spacial score (nSPS) is 38.7. The van der Waals surface area contributed by atoms with E-state index in [0.29, 0.717) is 11.8 Å². The van der Waals surface area contributed by atoms with Crippen molar-refractivity contribution in [3.63, 3.8) is 0 Å². The second-order valence-corrected chi connectivity index (χ2v) is 6.86. The van der Waals surface area contributed by atoms with E-state index in [1.807, 2.05) is 0 Å². The predicted molar refractivity (Wildman–Crippen MR) is 78.9 cm³/mol. The molecule has 7 unspecified atom stereocenters. The first-order valence-corrected chi connectivity index (χ1v) is 8.20. The molecule has 0 aromatic heterocycles. The molecule has 1 N–H and O–H groups in total. The number of ether oxygens (including phenoxy) is 2. The number of esters is 2. The number of carbonyl (C=O) groups is 3. The quantitative estimate of drug-likeness (QED) is 0.473. The molecule has 0 spiro atoms. The van der Waals surface area contributed by atoms with E-state index in [2.05, 4.69) is 6.58 Å². The molecular formula is C17H22O6. The van der Waals surface area contributed by atoms with Crippen LogP contribution in [0.4, 0.5) is 0 Å². The number of hydrogen-bond acceptors (Lipinski definition) is 5. The number of carbonyl (C=O) groups excluding carboxylic acids is 2. The van der Waals surface area contributed by atoms with Crippen molar-refractivity contribution in [1.82, 2.24) is 0 Å². The number of aliphatic carboxylic acids is 1. The first kappa shape index (κ1) is 16.0. The van der Waals surface area contributed by atoms with Crippen LogP contribution in [0.5, 0.6) is 0 Å². The highest BCUT2D eigenvalue weighted by atomic mass is 16.7. The zero-order chi connectivity index (χ0) is 16.7. The number of fused-ring (bicyclic) bond motifs is 5. The lowest BCUT2D eigenvalue weighted by atomic mass is 9.69. The molecule has 23 heavy (non-hydrogen) atoms. The maximum Gasteiger partial charge on any atom is 0.333 e. The van der Waals surface area contributed by atoms with Crippen LogP contribution in [0.3, 0.4) is 0 Å². The van der Waals surface area contributed by atoms with Crippen LogP contribution in [0.25, 0.3) is 0 Å². The fourth-order valence-corrected chi connectivity index (χ4v) is 5.24. The Labute approximate surface area is 134 Å². The first-order valence-electron chi connectivity index (χ1n) is 8.20. The molecule has 0 aliphatic heterocycles. The van der Waals surface area contributed by atoms with E-state index < -0.39 is 36.0 Å². The second kappa shape index (κ2) is 5.98. The van der Waals surface area contributed by atoms with Crippen LogP contribution >= 0.6 is 0 Å². The molecule has 0 radical (unpaired) electrons. The summed E-state index contributed by atoms with van der Waals surface area (Å²) < 4.78 is 10.0. The highest BCUT2D eigenvalue weighted by Gasteiger charge is 2.63. The summed E-state index contributed by atoms with van der Waals surface area (Å²) in [5, 5.41) is 9.59. The minimum absolute atomic E-state index is 0.0774. The predicted octanol–water partition coefficient (Wildman–Crippen LogP) is 1.99. The van der Waals surface area contributed by atoms with Crippen molar-refractivity contribution >= 4 is 17.9 Å². The van der Waals surface area contributed by atoms with Crippen molar-refractivity contribution in [1.29, 1.82) is 0 Å². The summed E-state index contributed by atoms with van der Waals surface area (Å²) in [7, 11) is 0. The molecule has 0 aromatic rings. The third-order valence-electron chi connectivity index (χ3n) is 5.87. The average Bonchev–Trinajstić information content (AvgIpc) is 3.17. The highest BCUT2D eigenvalue weighted by Crippen LogP contribution is 2.63. The zero-order valence-electron chi connectivity index (χ0n) is 13.1. The molecule has 0 heterocycles. The van der Waals surface area contributed by atoms with Crippen molar-refractivity contribution in [3.8, 4) is 0 Å². The minimum atomic E-state index is -1.04. The Morgan fingerprint density at radius 3 is 2.26 bits per heavy atom. The molecule has 3 fully saturated rings. The van der Waals surface area contributed by atoms with Gasteiger partial charge in [0.1, 0.15) is 0 Å². The molecule has 7 atom stereocenters. The Balaban J connectivity index is 1.72. The van der Waals surface area contributed by atoms with E-state index in [1.165, 1.54) is 6.92 Å². The van der Waals surface area contributed by atoms with Crippen molar-refractivity contribution < 1.29 is 29.0 Å². The summed E-state index contributed by atoms with van der Waals surface area (Å²) in [6.45, 7) is 4.73. The van der Waals surface area contributed by atoms with E-state index in [-0.39, 0.29) is 11.8 Å². The topological polar surface area (TPSA) is 89.9 Å². The molecule has 6 heteroatoms. The van der Waals surface area contributed by atoms with Gasteiger partial charge < -0.3 is 14.6 Å². The summed E-state index contributed by atoms with van der Waals surface area (Å²) >= 11 is 0. The molecule has 2 bridgehead atoms. The van der Waals surface area contributed by atoms with Gasteiger partial charge in [-0.05, 0) is 42.9 Å². The smallest absolute Gasteiger partial charge is 0.333 e. The fourth-order valence-electron chi connectivity index (χ4n) is 5.24. The van der Waals surface area contributed by atoms with Crippen LogP contribution in [0.2, 0.25) is 0 Å². The van der Waals surface area contributed by atoms with Gasteiger partial charge in [0.05, 0.1) is 11.8 Å². The van der Waals surface area contributed by atoms with Crippen molar-refractivity contribution in [2.75, 3.05) is 0 Å². The van der Waals surface area contributed by atoms with E-state index in [4.69, 9.17) is 9.47 Å². The third-order valence-corrected chi connectivity index (χ3v) is 5.87. The first-order chi connectivity index (χ1) is 10.9. The van der Waals surface area contributed by atoms with Gasteiger partial charge >= 0.3 is 17.9 Å². The molecule has 6 nitrogen and oxygen atoms in total. The van der Waals surface area contributed by atoms with Crippen LogP contribution in [-0.4, -0.2) is 29.3 Å². The number of rotatable bonds is 5. The Morgan fingerprint density at radius 2 is 1.70 bits per heavy atom. The fraction of sp³-hybridized carbons (Fsp3) is 0.706. The standard InChI is InChI=1S/C17H22O6/c1-3-13(18)22-8(2)23-17(21)15-12-7-11(14(15)16(19)20)9-5-4-6-10(9)12/h3,8-12,14-15H,1,4-7H2,2H3,(H,19,20). The largest absolute Gasteiger partial charge is 0.481 e. The molecule has 126 valence electrons. The van der Waals surface area contributed by atoms with Crippen LogP contribution < -0.4 is 0 Å². The maximum atomic E-state index is 12.5. The van der Waals surface area contributed by atoms with Gasteiger partial charge in [-0.15, -0.1) is 0 Å². The summed E-state index contributed by atoms with van der Waals surface area (Å²) in [4.78, 5) is 35.4. The van der Waals surface area contributed by atoms with Crippen LogP contribution in [-0.2, 0) is 23.9 Å². The Morgan fingerprint density at radius 1 is 1.09 bits per heavy atom. The molecule has 3 saturated carbocycles. The lowest BCUT2D eigenvalue weighted by Crippen LogP contribution is -2.42. The lowest BCUT2D eigenvalue weighted by Gasteiger charge is -2.35. The van der Waals surface area contributed by atoms with E-state index in [9.17, 15) is 19.5 Å². The number of carboxylic acids is 1. The molecular weight excluding hydrogens is 300 g/mol.